The number of carbonyl (C=O) groups excluding carboxylic acids is 2. The van der Waals surface area contributed by atoms with Crippen LogP contribution in [-0.2, 0) is 25.7 Å². The molecule has 12 heteroatoms. The fourth-order valence-corrected chi connectivity index (χ4v) is 2.77. The fourth-order valence-electron chi connectivity index (χ4n) is 2.77. The largest absolute Gasteiger partial charge is 0.490 e. The van der Waals surface area contributed by atoms with E-state index in [2.05, 4.69) is 5.32 Å². The monoisotopic (exact) mass is 433 g/mol. The van der Waals surface area contributed by atoms with Crippen molar-refractivity contribution in [3.63, 3.8) is 0 Å². The van der Waals surface area contributed by atoms with Gasteiger partial charge in [0.05, 0.1) is 12.5 Å². The van der Waals surface area contributed by atoms with Gasteiger partial charge in [-0.25, -0.2) is 9.59 Å². The first-order valence-corrected chi connectivity index (χ1v) is 8.82. The summed E-state index contributed by atoms with van der Waals surface area (Å²) in [5, 5.41) is 19.3. The number of primary amides is 1. The number of benzene rings is 1. The third-order valence-corrected chi connectivity index (χ3v) is 4.16. The number of carbonyl (C=O) groups is 4. The minimum atomic E-state index is -5.08. The molecular formula is C18H22F3N3O6. The highest BCUT2D eigenvalue weighted by Crippen LogP contribution is 2.19. The van der Waals surface area contributed by atoms with Gasteiger partial charge in [-0.3, -0.25) is 9.59 Å². The van der Waals surface area contributed by atoms with E-state index in [0.717, 1.165) is 5.56 Å². The molecule has 1 aromatic carbocycles. The van der Waals surface area contributed by atoms with Gasteiger partial charge in [0.2, 0.25) is 11.8 Å². The highest BCUT2D eigenvalue weighted by atomic mass is 19.4. The van der Waals surface area contributed by atoms with Crippen molar-refractivity contribution in [2.24, 2.45) is 5.73 Å². The second kappa shape index (κ2) is 11.1. The van der Waals surface area contributed by atoms with Gasteiger partial charge in [0.1, 0.15) is 6.04 Å². The van der Waals surface area contributed by atoms with Crippen molar-refractivity contribution in [2.45, 2.75) is 44.1 Å². The average molecular weight is 433 g/mol. The number of nitrogens with two attached hydrogens (primary N) is 1. The standard InChI is InChI=1S/C16H21N3O4.C2HF3O2/c17-14(20)9-12(18-10-11-5-2-1-3-6-11)15(21)19-8-4-7-13(19)16(22)23;3-2(4,5)1(6)7/h1-3,5-6,12-13,18H,4,7-10H2,(H2,17,20)(H,22,23);(H,6,7)/t12-,13-;/m0./s1. The van der Waals surface area contributed by atoms with Crippen LogP contribution in [0.4, 0.5) is 13.2 Å². The van der Waals surface area contributed by atoms with Gasteiger partial charge in [0, 0.05) is 13.1 Å². The second-order valence-electron chi connectivity index (χ2n) is 6.42. The zero-order valence-electron chi connectivity index (χ0n) is 15.8. The Morgan fingerprint density at radius 3 is 2.20 bits per heavy atom. The summed E-state index contributed by atoms with van der Waals surface area (Å²) in [6.07, 6.45) is -4.16. The Morgan fingerprint density at radius 2 is 1.73 bits per heavy atom. The number of halogens is 3. The highest BCUT2D eigenvalue weighted by Gasteiger charge is 2.38. The molecule has 2 atom stereocenters. The van der Waals surface area contributed by atoms with Gasteiger partial charge in [-0.1, -0.05) is 30.3 Å². The van der Waals surface area contributed by atoms with E-state index >= 15 is 0 Å². The Hall–Kier alpha value is -3.15. The number of likely N-dealkylation sites (tertiary alicyclic amines) is 1. The predicted molar refractivity (Wildman–Crippen MR) is 96.9 cm³/mol. The van der Waals surface area contributed by atoms with Crippen molar-refractivity contribution in [1.82, 2.24) is 10.2 Å². The molecule has 1 fully saturated rings. The lowest BCUT2D eigenvalue weighted by Crippen LogP contribution is -2.51. The van der Waals surface area contributed by atoms with Crippen LogP contribution in [0.2, 0.25) is 0 Å². The van der Waals surface area contributed by atoms with Crippen molar-refractivity contribution < 1.29 is 42.6 Å². The van der Waals surface area contributed by atoms with Crippen LogP contribution in [0.15, 0.2) is 30.3 Å². The molecular weight excluding hydrogens is 411 g/mol. The molecule has 5 N–H and O–H groups in total. The molecule has 1 heterocycles. The first-order valence-electron chi connectivity index (χ1n) is 8.82. The highest BCUT2D eigenvalue weighted by molar-refractivity contribution is 5.91. The number of hydrogen-bond acceptors (Lipinski definition) is 5. The van der Waals surface area contributed by atoms with Crippen LogP contribution in [0.5, 0.6) is 0 Å². The van der Waals surface area contributed by atoms with Crippen LogP contribution in [0, 0.1) is 0 Å². The van der Waals surface area contributed by atoms with Crippen molar-refractivity contribution >= 4 is 23.8 Å². The summed E-state index contributed by atoms with van der Waals surface area (Å²) < 4.78 is 31.7. The molecule has 0 bridgehead atoms. The minimum absolute atomic E-state index is 0.158. The summed E-state index contributed by atoms with van der Waals surface area (Å²) >= 11 is 0. The smallest absolute Gasteiger partial charge is 0.480 e. The fraction of sp³-hybridized carbons (Fsp3) is 0.444. The topological polar surface area (TPSA) is 150 Å². The Morgan fingerprint density at radius 1 is 1.17 bits per heavy atom. The minimum Gasteiger partial charge on any atom is -0.480 e. The van der Waals surface area contributed by atoms with Gasteiger partial charge in [-0.2, -0.15) is 13.2 Å². The predicted octanol–water partition coefficient (Wildman–Crippen LogP) is 0.729. The van der Waals surface area contributed by atoms with E-state index in [1.165, 1.54) is 4.90 Å². The zero-order chi connectivity index (χ0) is 22.9. The zero-order valence-corrected chi connectivity index (χ0v) is 15.8. The average Bonchev–Trinajstić information content (AvgIpc) is 3.15. The van der Waals surface area contributed by atoms with Crippen molar-refractivity contribution in [1.29, 1.82) is 0 Å². The van der Waals surface area contributed by atoms with E-state index in [-0.39, 0.29) is 12.3 Å². The molecule has 1 aromatic rings. The van der Waals surface area contributed by atoms with Gasteiger partial charge in [0.25, 0.3) is 0 Å². The molecule has 30 heavy (non-hydrogen) atoms. The molecule has 2 amide bonds. The van der Waals surface area contributed by atoms with Gasteiger partial charge in [-0.05, 0) is 18.4 Å². The summed E-state index contributed by atoms with van der Waals surface area (Å²) in [6.45, 7) is 0.786. The first-order chi connectivity index (χ1) is 13.9. The molecule has 1 aliphatic rings. The maximum absolute atomic E-state index is 12.6. The number of hydrogen-bond donors (Lipinski definition) is 4. The Kier molecular flexibility index (Phi) is 9.24. The van der Waals surface area contributed by atoms with Gasteiger partial charge < -0.3 is 26.2 Å². The molecule has 166 valence electrons. The van der Waals surface area contributed by atoms with E-state index in [1.807, 2.05) is 30.3 Å². The van der Waals surface area contributed by atoms with Crippen LogP contribution in [0.25, 0.3) is 0 Å². The van der Waals surface area contributed by atoms with E-state index in [9.17, 15) is 32.7 Å². The Balaban J connectivity index is 0.000000553. The summed E-state index contributed by atoms with van der Waals surface area (Å²) in [5.74, 6) is -4.76. The number of nitrogens with zero attached hydrogens (tertiary/aromatic N) is 1. The molecule has 0 radical (unpaired) electrons. The molecule has 1 saturated heterocycles. The van der Waals surface area contributed by atoms with Crippen LogP contribution in [-0.4, -0.2) is 63.7 Å². The maximum atomic E-state index is 12.6. The normalized spacial score (nSPS) is 16.9. The van der Waals surface area contributed by atoms with Crippen LogP contribution in [0.1, 0.15) is 24.8 Å². The lowest BCUT2D eigenvalue weighted by molar-refractivity contribution is -0.192. The third-order valence-electron chi connectivity index (χ3n) is 4.16. The van der Waals surface area contributed by atoms with Crippen molar-refractivity contribution in [2.75, 3.05) is 6.54 Å². The van der Waals surface area contributed by atoms with E-state index in [4.69, 9.17) is 15.6 Å². The number of rotatable bonds is 7. The lowest BCUT2D eigenvalue weighted by atomic mass is 10.1. The number of aliphatic carboxylic acids is 2. The van der Waals surface area contributed by atoms with E-state index < -0.39 is 36.1 Å². The van der Waals surface area contributed by atoms with Crippen LogP contribution in [0.3, 0.4) is 0 Å². The maximum Gasteiger partial charge on any atom is 0.490 e. The van der Waals surface area contributed by atoms with Gasteiger partial charge in [-0.15, -0.1) is 0 Å². The van der Waals surface area contributed by atoms with Crippen LogP contribution >= 0.6 is 0 Å². The molecule has 1 aliphatic heterocycles. The number of nitrogens with one attached hydrogen (secondary N) is 1. The van der Waals surface area contributed by atoms with Gasteiger partial charge in [0.15, 0.2) is 0 Å². The Labute approximate surface area is 169 Å². The summed E-state index contributed by atoms with van der Waals surface area (Å²) in [4.78, 5) is 45.3. The molecule has 9 nitrogen and oxygen atoms in total. The molecule has 0 aliphatic carbocycles. The number of carboxylic acids is 2. The summed E-state index contributed by atoms with van der Waals surface area (Å²) in [6, 6.07) is 7.80. The molecule has 0 spiro atoms. The first kappa shape index (κ1) is 24.9. The number of carboxylic acid groups (broad SMARTS) is 2. The molecule has 0 aromatic heterocycles. The van der Waals surface area contributed by atoms with Gasteiger partial charge >= 0.3 is 18.1 Å². The van der Waals surface area contributed by atoms with Crippen molar-refractivity contribution in [3.8, 4) is 0 Å². The summed E-state index contributed by atoms with van der Waals surface area (Å²) in [7, 11) is 0. The van der Waals surface area contributed by atoms with E-state index in [0.29, 0.717) is 25.9 Å². The second-order valence-corrected chi connectivity index (χ2v) is 6.42. The molecule has 0 saturated carbocycles. The quantitative estimate of drug-likeness (QED) is 0.495. The molecule has 0 unspecified atom stereocenters. The number of alkyl halides is 3. The lowest BCUT2D eigenvalue weighted by Gasteiger charge is -2.27. The Bertz CT molecular complexity index is 757. The number of amides is 2. The third kappa shape index (κ3) is 8.07. The molecule has 2 rings (SSSR count). The van der Waals surface area contributed by atoms with Crippen molar-refractivity contribution in [3.05, 3.63) is 35.9 Å². The summed E-state index contributed by atoms with van der Waals surface area (Å²) in [5.41, 5.74) is 6.19. The van der Waals surface area contributed by atoms with E-state index in [1.54, 1.807) is 0 Å². The SMILES string of the molecule is NC(=O)C[C@H](NCc1ccccc1)C(=O)N1CCC[C@H]1C(=O)O.O=C(O)C(F)(F)F. The van der Waals surface area contributed by atoms with Crippen LogP contribution < -0.4 is 11.1 Å².